The Kier molecular flexibility index (Phi) is 12.6. The third-order valence-corrected chi connectivity index (χ3v) is 1.37. The van der Waals surface area contributed by atoms with Crippen LogP contribution >= 0.6 is 0 Å². The second-order valence-electron chi connectivity index (χ2n) is 2.44. The average molecular weight is 181 g/mol. The minimum atomic E-state index is 0.619. The second kappa shape index (κ2) is 11.2. The molecular weight excluding hydrogens is 158 g/mol. The van der Waals surface area contributed by atoms with Gasteiger partial charge in [0.25, 0.3) is 0 Å². The molecule has 1 rings (SSSR count). The van der Waals surface area contributed by atoms with Crippen LogP contribution in [-0.4, -0.2) is 4.98 Å². The molecule has 0 aromatic carbocycles. The second-order valence-corrected chi connectivity index (χ2v) is 2.44. The molecule has 1 heterocycles. The maximum atomic E-state index is 3.93. The van der Waals surface area contributed by atoms with Gasteiger partial charge in [-0.25, -0.2) is 0 Å². The zero-order valence-corrected chi connectivity index (χ0v) is 9.83. The summed E-state index contributed by atoms with van der Waals surface area (Å²) in [4.78, 5) is 3.93. The van der Waals surface area contributed by atoms with Crippen LogP contribution in [0.4, 0.5) is 0 Å². The van der Waals surface area contributed by atoms with Crippen LogP contribution in [0, 0.1) is 0 Å². The Morgan fingerprint density at radius 1 is 0.923 bits per heavy atom. The van der Waals surface area contributed by atoms with E-state index in [2.05, 4.69) is 18.8 Å². The molecule has 0 spiro atoms. The average Bonchev–Trinajstić information content (AvgIpc) is 2.25. The normalized spacial score (nSPS) is 7.92. The highest BCUT2D eigenvalue weighted by Gasteiger charge is 1.93. The van der Waals surface area contributed by atoms with Crippen molar-refractivity contribution in [1.82, 2.24) is 4.98 Å². The molecule has 0 N–H and O–H groups in total. The fourth-order valence-electron chi connectivity index (χ4n) is 0.748. The van der Waals surface area contributed by atoms with Crippen LogP contribution < -0.4 is 0 Å². The van der Waals surface area contributed by atoms with E-state index in [9.17, 15) is 0 Å². The van der Waals surface area contributed by atoms with E-state index in [0.29, 0.717) is 5.92 Å². The SMILES string of the molecule is CC.CC.CC(C)c1ccncc1. The van der Waals surface area contributed by atoms with Crippen LogP contribution in [-0.2, 0) is 0 Å². The van der Waals surface area contributed by atoms with Crippen LogP contribution in [0.5, 0.6) is 0 Å². The van der Waals surface area contributed by atoms with E-state index in [1.807, 2.05) is 52.2 Å². The lowest BCUT2D eigenvalue weighted by molar-refractivity contribution is 0.863. The van der Waals surface area contributed by atoms with E-state index in [1.54, 1.807) is 0 Å². The van der Waals surface area contributed by atoms with Gasteiger partial charge in [-0.1, -0.05) is 41.5 Å². The van der Waals surface area contributed by atoms with E-state index in [4.69, 9.17) is 0 Å². The molecule has 0 saturated carbocycles. The Balaban J connectivity index is 0. The summed E-state index contributed by atoms with van der Waals surface area (Å²) in [6, 6.07) is 4.09. The van der Waals surface area contributed by atoms with Crippen molar-refractivity contribution in [2.24, 2.45) is 0 Å². The van der Waals surface area contributed by atoms with Crippen LogP contribution in [0.3, 0.4) is 0 Å². The van der Waals surface area contributed by atoms with E-state index in [-0.39, 0.29) is 0 Å². The van der Waals surface area contributed by atoms with E-state index in [1.165, 1.54) is 5.56 Å². The summed E-state index contributed by atoms with van der Waals surface area (Å²) in [5, 5.41) is 0. The first-order valence-corrected chi connectivity index (χ1v) is 5.20. The molecule has 0 saturated heterocycles. The first-order chi connectivity index (χ1) is 6.30. The lowest BCUT2D eigenvalue weighted by atomic mass is 10.1. The van der Waals surface area contributed by atoms with Gasteiger partial charge in [0.2, 0.25) is 0 Å². The predicted octanol–water partition coefficient (Wildman–Crippen LogP) is 4.26. The van der Waals surface area contributed by atoms with E-state index in [0.717, 1.165) is 0 Å². The third kappa shape index (κ3) is 7.51. The molecule has 0 unspecified atom stereocenters. The molecule has 0 radical (unpaired) electrons. The van der Waals surface area contributed by atoms with Crippen molar-refractivity contribution in [2.75, 3.05) is 0 Å². The number of pyridine rings is 1. The van der Waals surface area contributed by atoms with Gasteiger partial charge in [-0.2, -0.15) is 0 Å². The summed E-state index contributed by atoms with van der Waals surface area (Å²) in [6.07, 6.45) is 3.66. The van der Waals surface area contributed by atoms with Gasteiger partial charge in [0.05, 0.1) is 0 Å². The Bertz CT molecular complexity index is 168. The van der Waals surface area contributed by atoms with Crippen molar-refractivity contribution in [3.63, 3.8) is 0 Å². The smallest absolute Gasteiger partial charge is 0.0270 e. The van der Waals surface area contributed by atoms with Gasteiger partial charge in [-0.05, 0) is 23.6 Å². The monoisotopic (exact) mass is 181 g/mol. The predicted molar refractivity (Wildman–Crippen MR) is 61.0 cm³/mol. The molecule has 13 heavy (non-hydrogen) atoms. The van der Waals surface area contributed by atoms with Gasteiger partial charge in [0.15, 0.2) is 0 Å². The van der Waals surface area contributed by atoms with Crippen LogP contribution in [0.1, 0.15) is 53.0 Å². The molecule has 1 heteroatoms. The van der Waals surface area contributed by atoms with E-state index < -0.39 is 0 Å². The highest BCUT2D eigenvalue weighted by Crippen LogP contribution is 2.10. The zero-order chi connectivity index (χ0) is 10.7. The molecule has 0 aliphatic heterocycles. The van der Waals surface area contributed by atoms with Crippen molar-refractivity contribution in [3.05, 3.63) is 30.1 Å². The first-order valence-electron chi connectivity index (χ1n) is 5.20. The molecule has 1 aromatic heterocycles. The number of hydrogen-bond acceptors (Lipinski definition) is 1. The molecule has 0 fully saturated rings. The highest BCUT2D eigenvalue weighted by molar-refractivity contribution is 5.13. The summed E-state index contributed by atoms with van der Waals surface area (Å²) in [5.41, 5.74) is 1.35. The molecule has 0 aliphatic carbocycles. The van der Waals surface area contributed by atoms with Gasteiger partial charge in [0.1, 0.15) is 0 Å². The fraction of sp³-hybridized carbons (Fsp3) is 0.583. The Labute approximate surface area is 83.2 Å². The minimum Gasteiger partial charge on any atom is -0.265 e. The van der Waals surface area contributed by atoms with E-state index >= 15 is 0 Å². The van der Waals surface area contributed by atoms with Crippen molar-refractivity contribution >= 4 is 0 Å². The van der Waals surface area contributed by atoms with Crippen LogP contribution in [0.25, 0.3) is 0 Å². The zero-order valence-electron chi connectivity index (χ0n) is 9.83. The van der Waals surface area contributed by atoms with Gasteiger partial charge in [0, 0.05) is 12.4 Å². The van der Waals surface area contributed by atoms with Gasteiger partial charge in [-0.15, -0.1) is 0 Å². The molecule has 0 atom stereocenters. The number of rotatable bonds is 1. The molecule has 0 aliphatic rings. The van der Waals surface area contributed by atoms with Crippen molar-refractivity contribution in [3.8, 4) is 0 Å². The molecule has 0 amide bonds. The fourth-order valence-corrected chi connectivity index (χ4v) is 0.748. The minimum absolute atomic E-state index is 0.619. The Hall–Kier alpha value is -0.850. The van der Waals surface area contributed by atoms with Crippen molar-refractivity contribution in [1.29, 1.82) is 0 Å². The summed E-state index contributed by atoms with van der Waals surface area (Å²) >= 11 is 0. The van der Waals surface area contributed by atoms with Gasteiger partial charge >= 0.3 is 0 Å². The topological polar surface area (TPSA) is 12.9 Å². The first kappa shape index (κ1) is 14.7. The lowest BCUT2D eigenvalue weighted by Gasteiger charge is -2.01. The largest absolute Gasteiger partial charge is 0.265 e. The lowest BCUT2D eigenvalue weighted by Crippen LogP contribution is -1.85. The molecule has 1 aromatic rings. The maximum absolute atomic E-state index is 3.93. The number of hydrogen-bond donors (Lipinski definition) is 0. The van der Waals surface area contributed by atoms with Crippen LogP contribution in [0.2, 0.25) is 0 Å². The van der Waals surface area contributed by atoms with Gasteiger partial charge in [-0.3, -0.25) is 4.98 Å². The molecular formula is C12H23N. The van der Waals surface area contributed by atoms with Crippen molar-refractivity contribution < 1.29 is 0 Å². The third-order valence-electron chi connectivity index (χ3n) is 1.37. The molecule has 1 nitrogen and oxygen atoms in total. The maximum Gasteiger partial charge on any atom is 0.0270 e. The van der Waals surface area contributed by atoms with Gasteiger partial charge < -0.3 is 0 Å². The summed E-state index contributed by atoms with van der Waals surface area (Å²) in [7, 11) is 0. The summed E-state index contributed by atoms with van der Waals surface area (Å²) in [5.74, 6) is 0.619. The molecule has 0 bridgehead atoms. The van der Waals surface area contributed by atoms with Crippen LogP contribution in [0.15, 0.2) is 24.5 Å². The standard InChI is InChI=1S/C8H11N.2C2H6/c1-7(2)8-3-5-9-6-4-8;2*1-2/h3-7H,1-2H3;2*1-2H3. The Morgan fingerprint density at radius 3 is 1.54 bits per heavy atom. The number of nitrogens with zero attached hydrogens (tertiary/aromatic N) is 1. The Morgan fingerprint density at radius 2 is 1.31 bits per heavy atom. The molecule has 76 valence electrons. The number of aromatic nitrogens is 1. The van der Waals surface area contributed by atoms with Crippen molar-refractivity contribution in [2.45, 2.75) is 47.5 Å². The summed E-state index contributed by atoms with van der Waals surface area (Å²) < 4.78 is 0. The quantitative estimate of drug-likeness (QED) is 0.631. The summed E-state index contributed by atoms with van der Waals surface area (Å²) in [6.45, 7) is 12.4. The highest BCUT2D eigenvalue weighted by atomic mass is 14.6.